The molecule has 0 saturated carbocycles. The molecule has 1 aliphatic heterocycles. The number of primary amides is 1. The zero-order chi connectivity index (χ0) is 15.1. The van der Waals surface area contributed by atoms with Crippen LogP contribution in [0.4, 0.5) is 5.82 Å². The highest BCUT2D eigenvalue weighted by atomic mass is 32.1. The number of anilines is 1. The fourth-order valence-corrected chi connectivity index (χ4v) is 3.62. The lowest BCUT2D eigenvalue weighted by Crippen LogP contribution is -2.27. The van der Waals surface area contributed by atoms with Crippen molar-refractivity contribution >= 4 is 33.3 Å². The summed E-state index contributed by atoms with van der Waals surface area (Å²) in [6.45, 7) is 2.37. The Bertz CT molecular complexity index is 829. The van der Waals surface area contributed by atoms with E-state index in [1.807, 2.05) is 16.0 Å². The Morgan fingerprint density at radius 1 is 1.27 bits per heavy atom. The van der Waals surface area contributed by atoms with Gasteiger partial charge in [0, 0.05) is 32.3 Å². The molecule has 2 N–H and O–H groups in total. The van der Waals surface area contributed by atoms with E-state index in [0.717, 1.165) is 47.9 Å². The van der Waals surface area contributed by atoms with E-state index in [-0.39, 0.29) is 0 Å². The first kappa shape index (κ1) is 13.2. The molecule has 3 aromatic rings. The normalized spacial score (nSPS) is 14.8. The molecule has 0 unspecified atom stereocenters. The maximum Gasteiger partial charge on any atom is 0.268 e. The highest BCUT2D eigenvalue weighted by Crippen LogP contribution is 2.28. The first-order valence-corrected chi connectivity index (χ1v) is 7.89. The third-order valence-corrected chi connectivity index (χ3v) is 4.75. The molecule has 0 atom stereocenters. The smallest absolute Gasteiger partial charge is 0.268 e. The van der Waals surface area contributed by atoms with Crippen molar-refractivity contribution in [2.24, 2.45) is 5.73 Å². The SMILES string of the molecule is NC(=O)c1cn2c(n1)CCN(c1ncnc3ccsc13)CC2. The van der Waals surface area contributed by atoms with Gasteiger partial charge in [-0.2, -0.15) is 0 Å². The second-order valence-electron chi connectivity index (χ2n) is 5.17. The summed E-state index contributed by atoms with van der Waals surface area (Å²) in [6, 6.07) is 2.01. The molecule has 22 heavy (non-hydrogen) atoms. The third kappa shape index (κ3) is 2.12. The van der Waals surface area contributed by atoms with Gasteiger partial charge in [0.25, 0.3) is 5.91 Å². The predicted octanol–water partition coefficient (Wildman–Crippen LogP) is 1.05. The summed E-state index contributed by atoms with van der Waals surface area (Å²) in [6.07, 6.45) is 4.10. The van der Waals surface area contributed by atoms with Crippen molar-refractivity contribution in [2.45, 2.75) is 13.0 Å². The van der Waals surface area contributed by atoms with Gasteiger partial charge in [-0.25, -0.2) is 15.0 Å². The number of nitrogens with zero attached hydrogens (tertiary/aromatic N) is 5. The summed E-state index contributed by atoms with van der Waals surface area (Å²) in [4.78, 5) is 26.5. The number of thiophene rings is 1. The largest absolute Gasteiger partial charge is 0.364 e. The lowest BCUT2D eigenvalue weighted by atomic mass is 10.3. The van der Waals surface area contributed by atoms with Crippen LogP contribution in [-0.4, -0.2) is 38.5 Å². The van der Waals surface area contributed by atoms with E-state index in [9.17, 15) is 4.79 Å². The second-order valence-corrected chi connectivity index (χ2v) is 6.09. The average Bonchev–Trinajstić information content (AvgIpc) is 3.10. The predicted molar refractivity (Wildman–Crippen MR) is 84.1 cm³/mol. The molecule has 4 rings (SSSR count). The zero-order valence-electron chi connectivity index (χ0n) is 11.8. The molecule has 4 heterocycles. The van der Waals surface area contributed by atoms with Crippen molar-refractivity contribution < 1.29 is 4.79 Å². The van der Waals surface area contributed by atoms with Gasteiger partial charge in [0.1, 0.15) is 23.7 Å². The molecule has 112 valence electrons. The lowest BCUT2D eigenvalue weighted by Gasteiger charge is -2.21. The Labute approximate surface area is 130 Å². The fraction of sp³-hybridized carbons (Fsp3) is 0.286. The maximum absolute atomic E-state index is 11.2. The molecule has 8 heteroatoms. The van der Waals surface area contributed by atoms with E-state index in [2.05, 4.69) is 19.9 Å². The summed E-state index contributed by atoms with van der Waals surface area (Å²) >= 11 is 1.66. The van der Waals surface area contributed by atoms with Crippen LogP contribution in [0.15, 0.2) is 24.0 Å². The number of aromatic nitrogens is 4. The van der Waals surface area contributed by atoms with Crippen LogP contribution in [-0.2, 0) is 13.0 Å². The Balaban J connectivity index is 1.63. The highest BCUT2D eigenvalue weighted by molar-refractivity contribution is 7.17. The first-order valence-electron chi connectivity index (χ1n) is 7.01. The zero-order valence-corrected chi connectivity index (χ0v) is 12.6. The minimum atomic E-state index is -0.478. The van der Waals surface area contributed by atoms with E-state index >= 15 is 0 Å². The number of amides is 1. The van der Waals surface area contributed by atoms with E-state index in [1.54, 1.807) is 23.9 Å². The van der Waals surface area contributed by atoms with Crippen molar-refractivity contribution in [3.05, 3.63) is 35.5 Å². The van der Waals surface area contributed by atoms with Gasteiger partial charge in [-0.05, 0) is 11.4 Å². The first-order chi connectivity index (χ1) is 10.7. The summed E-state index contributed by atoms with van der Waals surface area (Å²) in [5.74, 6) is 1.39. The number of carbonyl (C=O) groups is 1. The van der Waals surface area contributed by atoms with Crippen molar-refractivity contribution in [3.63, 3.8) is 0 Å². The molecule has 0 radical (unpaired) electrons. The molecule has 3 aromatic heterocycles. The quantitative estimate of drug-likeness (QED) is 0.763. The number of carbonyl (C=O) groups excluding carboxylic acids is 1. The number of fused-ring (bicyclic) bond motifs is 2. The van der Waals surface area contributed by atoms with E-state index in [1.165, 1.54) is 0 Å². The number of imidazole rings is 1. The van der Waals surface area contributed by atoms with Crippen LogP contribution < -0.4 is 10.6 Å². The van der Waals surface area contributed by atoms with Crippen LogP contribution >= 0.6 is 11.3 Å². The summed E-state index contributed by atoms with van der Waals surface area (Å²) in [7, 11) is 0. The van der Waals surface area contributed by atoms with Crippen molar-refractivity contribution in [1.82, 2.24) is 19.5 Å². The van der Waals surface area contributed by atoms with E-state index in [4.69, 9.17) is 5.73 Å². The Hall–Kier alpha value is -2.48. The number of hydrogen-bond donors (Lipinski definition) is 1. The molecule has 1 amide bonds. The van der Waals surface area contributed by atoms with Crippen LogP contribution in [0.5, 0.6) is 0 Å². The van der Waals surface area contributed by atoms with E-state index in [0.29, 0.717) is 5.69 Å². The van der Waals surface area contributed by atoms with Gasteiger partial charge in [-0.3, -0.25) is 4.79 Å². The van der Waals surface area contributed by atoms with Crippen LogP contribution in [0.2, 0.25) is 0 Å². The fourth-order valence-electron chi connectivity index (χ4n) is 2.75. The topological polar surface area (TPSA) is 89.9 Å². The molecule has 0 saturated heterocycles. The van der Waals surface area contributed by atoms with Crippen molar-refractivity contribution in [2.75, 3.05) is 18.0 Å². The summed E-state index contributed by atoms with van der Waals surface area (Å²) in [5.41, 5.74) is 6.61. The minimum Gasteiger partial charge on any atom is -0.364 e. The lowest BCUT2D eigenvalue weighted by molar-refractivity contribution is 0.0996. The Morgan fingerprint density at radius 2 is 2.18 bits per heavy atom. The van der Waals surface area contributed by atoms with Crippen molar-refractivity contribution in [3.8, 4) is 0 Å². The molecule has 0 aliphatic carbocycles. The molecule has 7 nitrogen and oxygen atoms in total. The van der Waals surface area contributed by atoms with Crippen molar-refractivity contribution in [1.29, 1.82) is 0 Å². The van der Waals surface area contributed by atoms with Gasteiger partial charge in [-0.1, -0.05) is 0 Å². The monoisotopic (exact) mass is 314 g/mol. The van der Waals surface area contributed by atoms with E-state index < -0.39 is 5.91 Å². The second kappa shape index (κ2) is 5.06. The van der Waals surface area contributed by atoms with Gasteiger partial charge < -0.3 is 15.2 Å². The molecular weight excluding hydrogens is 300 g/mol. The molecule has 1 aliphatic rings. The van der Waals surface area contributed by atoms with Gasteiger partial charge in [0.15, 0.2) is 0 Å². The van der Waals surface area contributed by atoms with Gasteiger partial charge in [0.2, 0.25) is 0 Å². The summed E-state index contributed by atoms with van der Waals surface area (Å²) in [5, 5.41) is 2.03. The number of rotatable bonds is 2. The molecular formula is C14H14N6OS. The average molecular weight is 314 g/mol. The van der Waals surface area contributed by atoms with Gasteiger partial charge >= 0.3 is 0 Å². The van der Waals surface area contributed by atoms with Crippen LogP contribution in [0, 0.1) is 0 Å². The van der Waals surface area contributed by atoms with Crippen LogP contribution in [0.1, 0.15) is 16.3 Å². The number of nitrogens with two attached hydrogens (primary N) is 1. The third-order valence-electron chi connectivity index (χ3n) is 3.85. The minimum absolute atomic E-state index is 0.339. The Kier molecular flexibility index (Phi) is 3.04. The van der Waals surface area contributed by atoms with Gasteiger partial charge in [-0.15, -0.1) is 11.3 Å². The molecule has 0 aromatic carbocycles. The molecule has 0 bridgehead atoms. The van der Waals surface area contributed by atoms with Crippen LogP contribution in [0.3, 0.4) is 0 Å². The maximum atomic E-state index is 11.2. The number of hydrogen-bond acceptors (Lipinski definition) is 6. The van der Waals surface area contributed by atoms with Gasteiger partial charge in [0.05, 0.1) is 10.2 Å². The van der Waals surface area contributed by atoms with Crippen LogP contribution in [0.25, 0.3) is 10.2 Å². The summed E-state index contributed by atoms with van der Waals surface area (Å²) < 4.78 is 3.12. The highest BCUT2D eigenvalue weighted by Gasteiger charge is 2.20. The Morgan fingerprint density at radius 3 is 3.05 bits per heavy atom. The standard InChI is InChI=1S/C14H14N6OS/c15-13(21)10-7-20-5-4-19(3-1-11(20)18-10)14-12-9(2-6-22-12)16-8-17-14/h2,6-8H,1,3-5H2,(H2,15,21). The molecule has 0 spiro atoms. The molecule has 0 fully saturated rings.